The van der Waals surface area contributed by atoms with Crippen LogP contribution in [-0.2, 0) is 6.54 Å². The maximum absolute atomic E-state index is 5.59. The molecule has 0 unspecified atom stereocenters. The van der Waals surface area contributed by atoms with Gasteiger partial charge < -0.3 is 15.0 Å². The van der Waals surface area contributed by atoms with Crippen LogP contribution in [-0.4, -0.2) is 41.6 Å². The number of pyridine rings is 1. The fourth-order valence-corrected chi connectivity index (χ4v) is 3.61. The monoisotopic (exact) mass is 458 g/mol. The molecule has 0 atom stereocenters. The molecule has 2 fully saturated rings. The normalized spacial score (nSPS) is 18.9. The van der Waals surface area contributed by atoms with Gasteiger partial charge in [-0.1, -0.05) is 12.5 Å². The van der Waals surface area contributed by atoms with Crippen LogP contribution in [0, 0.1) is 5.41 Å². The van der Waals surface area contributed by atoms with Gasteiger partial charge in [0.25, 0.3) is 0 Å². The van der Waals surface area contributed by atoms with E-state index in [1.165, 1.54) is 25.7 Å². The lowest BCUT2D eigenvalue weighted by molar-refractivity contribution is 0.151. The quantitative estimate of drug-likeness (QED) is 0.414. The first-order valence-electron chi connectivity index (χ1n) is 9.25. The maximum Gasteiger partial charge on any atom is 0.213 e. The summed E-state index contributed by atoms with van der Waals surface area (Å²) >= 11 is 0. The highest BCUT2D eigenvalue weighted by Gasteiger charge is 2.43. The van der Waals surface area contributed by atoms with Gasteiger partial charge in [-0.25, -0.2) is 9.98 Å². The number of aliphatic imine (C=N–C) groups is 1. The number of likely N-dealkylation sites (tertiary alicyclic amines) is 1. The summed E-state index contributed by atoms with van der Waals surface area (Å²) in [4.78, 5) is 11.6. The number of guanidine groups is 1. The molecule has 140 valence electrons. The van der Waals surface area contributed by atoms with E-state index in [9.17, 15) is 0 Å². The summed E-state index contributed by atoms with van der Waals surface area (Å²) in [6.45, 7) is 10.00. The lowest BCUT2D eigenvalue weighted by atomic mass is 9.68. The molecule has 5 nitrogen and oxygen atoms in total. The SMILES string of the molecule is CCNC(=NCc1ccc(OC(C)C)nc1)N1CCC2(CCC2)C1.I. The molecule has 1 aromatic rings. The zero-order valence-corrected chi connectivity index (χ0v) is 18.0. The lowest BCUT2D eigenvalue weighted by Gasteiger charge is -2.38. The van der Waals surface area contributed by atoms with E-state index >= 15 is 0 Å². The molecule has 6 heteroatoms. The second-order valence-corrected chi connectivity index (χ2v) is 7.37. The first kappa shape index (κ1) is 20.3. The summed E-state index contributed by atoms with van der Waals surface area (Å²) in [6, 6.07) is 3.98. The fraction of sp³-hybridized carbons (Fsp3) is 0.684. The molecule has 3 rings (SSSR count). The topological polar surface area (TPSA) is 49.8 Å². The van der Waals surface area contributed by atoms with Crippen molar-refractivity contribution >= 4 is 29.9 Å². The Balaban J connectivity index is 0.00000225. The van der Waals surface area contributed by atoms with Crippen molar-refractivity contribution in [3.63, 3.8) is 0 Å². The number of nitrogens with one attached hydrogen (secondary N) is 1. The Hall–Kier alpha value is -1.05. The Morgan fingerprint density at radius 2 is 2.16 bits per heavy atom. The highest BCUT2D eigenvalue weighted by molar-refractivity contribution is 14.0. The van der Waals surface area contributed by atoms with E-state index in [-0.39, 0.29) is 30.1 Å². The Morgan fingerprint density at radius 3 is 2.68 bits per heavy atom. The third kappa shape index (κ3) is 5.21. The molecule has 2 heterocycles. The van der Waals surface area contributed by atoms with E-state index < -0.39 is 0 Å². The van der Waals surface area contributed by atoms with Crippen LogP contribution in [0.3, 0.4) is 0 Å². The average molecular weight is 458 g/mol. The van der Waals surface area contributed by atoms with Crippen molar-refractivity contribution in [2.45, 2.75) is 59.1 Å². The minimum atomic E-state index is 0. The maximum atomic E-state index is 5.59. The van der Waals surface area contributed by atoms with E-state index in [2.05, 4.69) is 28.2 Å². The molecule has 1 aliphatic heterocycles. The standard InChI is InChI=1S/C19H30N4O.HI/c1-4-20-18(23-11-10-19(14-23)8-5-9-19)22-13-16-6-7-17(21-12-16)24-15(2)3;/h6-7,12,15H,4-5,8-11,13-14H2,1-3H3,(H,20,22);1H. The van der Waals surface area contributed by atoms with Gasteiger partial charge in [-0.2, -0.15) is 0 Å². The van der Waals surface area contributed by atoms with Crippen molar-refractivity contribution in [1.82, 2.24) is 15.2 Å². The van der Waals surface area contributed by atoms with Crippen LogP contribution in [0.4, 0.5) is 0 Å². The number of aromatic nitrogens is 1. The van der Waals surface area contributed by atoms with Crippen LogP contribution in [0.25, 0.3) is 0 Å². The molecule has 1 aliphatic carbocycles. The number of hydrogen-bond acceptors (Lipinski definition) is 3. The Labute approximate surface area is 168 Å². The van der Waals surface area contributed by atoms with E-state index in [4.69, 9.17) is 9.73 Å². The van der Waals surface area contributed by atoms with Gasteiger partial charge in [0.15, 0.2) is 5.96 Å². The third-order valence-corrected chi connectivity index (χ3v) is 5.05. The van der Waals surface area contributed by atoms with Crippen molar-refractivity contribution in [3.8, 4) is 5.88 Å². The van der Waals surface area contributed by atoms with E-state index in [0.29, 0.717) is 17.8 Å². The second-order valence-electron chi connectivity index (χ2n) is 7.37. The van der Waals surface area contributed by atoms with Crippen molar-refractivity contribution < 1.29 is 4.74 Å². The Kier molecular flexibility index (Phi) is 7.34. The summed E-state index contributed by atoms with van der Waals surface area (Å²) in [7, 11) is 0. The van der Waals surface area contributed by atoms with E-state index in [1.54, 1.807) is 0 Å². The Bertz CT molecular complexity index is 569. The molecule has 1 saturated carbocycles. The predicted octanol–water partition coefficient (Wildman–Crippen LogP) is 3.83. The molecular formula is C19H31IN4O. The molecule has 0 aromatic carbocycles. The number of ether oxygens (including phenoxy) is 1. The van der Waals surface area contributed by atoms with Crippen LogP contribution in [0.1, 0.15) is 52.0 Å². The number of rotatable bonds is 5. The molecule has 0 bridgehead atoms. The number of hydrogen-bond donors (Lipinski definition) is 1. The van der Waals surface area contributed by atoms with Gasteiger partial charge in [0.1, 0.15) is 0 Å². The molecule has 1 saturated heterocycles. The number of nitrogens with zero attached hydrogens (tertiary/aromatic N) is 3. The van der Waals surface area contributed by atoms with Gasteiger partial charge in [-0.05, 0) is 51.0 Å². The minimum Gasteiger partial charge on any atom is -0.475 e. The molecule has 2 aliphatic rings. The van der Waals surface area contributed by atoms with Gasteiger partial charge in [0.05, 0.1) is 12.6 Å². The lowest BCUT2D eigenvalue weighted by Crippen LogP contribution is -2.42. The fourth-order valence-electron chi connectivity index (χ4n) is 3.61. The van der Waals surface area contributed by atoms with Crippen molar-refractivity contribution in [1.29, 1.82) is 0 Å². The summed E-state index contributed by atoms with van der Waals surface area (Å²) in [6.07, 6.45) is 7.52. The second kappa shape index (κ2) is 9.05. The van der Waals surface area contributed by atoms with Gasteiger partial charge in [-0.3, -0.25) is 0 Å². The van der Waals surface area contributed by atoms with Gasteiger partial charge >= 0.3 is 0 Å². The molecule has 1 N–H and O–H groups in total. The van der Waals surface area contributed by atoms with Crippen LogP contribution in [0.15, 0.2) is 23.3 Å². The largest absolute Gasteiger partial charge is 0.475 e. The van der Waals surface area contributed by atoms with Crippen LogP contribution in [0.5, 0.6) is 5.88 Å². The van der Waals surface area contributed by atoms with Crippen molar-refractivity contribution in [2.75, 3.05) is 19.6 Å². The van der Waals surface area contributed by atoms with E-state index in [0.717, 1.165) is 31.2 Å². The Morgan fingerprint density at radius 1 is 1.36 bits per heavy atom. The third-order valence-electron chi connectivity index (χ3n) is 5.05. The molecule has 25 heavy (non-hydrogen) atoms. The molecule has 1 spiro atoms. The first-order valence-corrected chi connectivity index (χ1v) is 9.25. The van der Waals surface area contributed by atoms with Crippen LogP contribution >= 0.6 is 24.0 Å². The summed E-state index contributed by atoms with van der Waals surface area (Å²) in [5, 5.41) is 3.45. The predicted molar refractivity (Wildman–Crippen MR) is 113 cm³/mol. The zero-order chi connectivity index (χ0) is 17.0. The molecule has 0 radical (unpaired) electrons. The molecular weight excluding hydrogens is 427 g/mol. The smallest absolute Gasteiger partial charge is 0.213 e. The highest BCUT2D eigenvalue weighted by atomic mass is 127. The van der Waals surface area contributed by atoms with Gasteiger partial charge in [0.2, 0.25) is 5.88 Å². The zero-order valence-electron chi connectivity index (χ0n) is 15.6. The molecule has 1 aromatic heterocycles. The number of halogens is 1. The summed E-state index contributed by atoms with van der Waals surface area (Å²) in [5.74, 6) is 1.72. The minimum absolute atomic E-state index is 0. The summed E-state index contributed by atoms with van der Waals surface area (Å²) in [5.41, 5.74) is 1.70. The highest BCUT2D eigenvalue weighted by Crippen LogP contribution is 2.47. The first-order chi connectivity index (χ1) is 11.6. The van der Waals surface area contributed by atoms with Crippen molar-refractivity contribution in [2.24, 2.45) is 10.4 Å². The van der Waals surface area contributed by atoms with Crippen LogP contribution in [0.2, 0.25) is 0 Å². The van der Waals surface area contributed by atoms with Gasteiger partial charge in [-0.15, -0.1) is 24.0 Å². The summed E-state index contributed by atoms with van der Waals surface area (Å²) < 4.78 is 5.59. The van der Waals surface area contributed by atoms with E-state index in [1.807, 2.05) is 26.1 Å². The average Bonchev–Trinajstić information content (AvgIpc) is 2.98. The molecule has 0 amide bonds. The van der Waals surface area contributed by atoms with Crippen molar-refractivity contribution in [3.05, 3.63) is 23.9 Å². The van der Waals surface area contributed by atoms with Crippen LogP contribution < -0.4 is 10.1 Å². The van der Waals surface area contributed by atoms with Gasteiger partial charge in [0, 0.05) is 31.9 Å².